The van der Waals surface area contributed by atoms with Crippen LogP contribution in [0.2, 0.25) is 0 Å². The third-order valence-corrected chi connectivity index (χ3v) is 2.46. The second-order valence-electron chi connectivity index (χ2n) is 4.47. The lowest BCUT2D eigenvalue weighted by atomic mass is 10.3. The van der Waals surface area contributed by atoms with Crippen LogP contribution in [0, 0.1) is 0 Å². The molecule has 0 rings (SSSR count). The summed E-state index contributed by atoms with van der Waals surface area (Å²) in [5, 5.41) is 3.44. The Morgan fingerprint density at radius 1 is 1.07 bits per heavy atom. The van der Waals surface area contributed by atoms with Crippen molar-refractivity contribution in [3.05, 3.63) is 0 Å². The van der Waals surface area contributed by atoms with Crippen molar-refractivity contribution in [2.75, 3.05) is 53.4 Å². The molecule has 0 spiro atoms. The van der Waals surface area contributed by atoms with Crippen molar-refractivity contribution < 1.29 is 0 Å². The molecule has 0 bridgehead atoms. The first-order valence-electron chi connectivity index (χ1n) is 5.87. The van der Waals surface area contributed by atoms with E-state index in [-0.39, 0.29) is 0 Å². The number of hydrogen-bond donors (Lipinski definition) is 2. The van der Waals surface area contributed by atoms with Gasteiger partial charge in [-0.15, -0.1) is 0 Å². The molecular formula is C11H28N4. The van der Waals surface area contributed by atoms with Crippen LogP contribution >= 0.6 is 0 Å². The molecule has 0 amide bonds. The highest BCUT2D eigenvalue weighted by Gasteiger charge is 2.06. The largest absolute Gasteiger partial charge is 0.329 e. The lowest BCUT2D eigenvalue weighted by molar-refractivity contribution is 0.227. The Morgan fingerprint density at radius 3 is 2.13 bits per heavy atom. The normalized spacial score (nSPS) is 12.0. The summed E-state index contributed by atoms with van der Waals surface area (Å²) < 4.78 is 0. The maximum Gasteiger partial charge on any atom is 0.0110 e. The summed E-state index contributed by atoms with van der Waals surface area (Å²) in [5.41, 5.74) is 5.57. The molecule has 15 heavy (non-hydrogen) atoms. The van der Waals surface area contributed by atoms with Crippen molar-refractivity contribution >= 4 is 0 Å². The fourth-order valence-corrected chi connectivity index (χ4v) is 1.44. The van der Waals surface area contributed by atoms with Gasteiger partial charge in [0.2, 0.25) is 0 Å². The molecule has 0 aliphatic rings. The molecule has 3 N–H and O–H groups in total. The highest BCUT2D eigenvalue weighted by molar-refractivity contribution is 4.64. The van der Waals surface area contributed by atoms with E-state index in [9.17, 15) is 0 Å². The summed E-state index contributed by atoms with van der Waals surface area (Å²) >= 11 is 0. The Kier molecular flexibility index (Phi) is 9.00. The molecule has 4 nitrogen and oxygen atoms in total. The molecule has 0 unspecified atom stereocenters. The van der Waals surface area contributed by atoms with E-state index in [1.807, 2.05) is 0 Å². The number of nitrogens with zero attached hydrogens (tertiary/aromatic N) is 2. The summed E-state index contributed by atoms with van der Waals surface area (Å²) in [6, 6.07) is 0.587. The average molecular weight is 216 g/mol. The summed E-state index contributed by atoms with van der Waals surface area (Å²) in [6.45, 7) is 10.5. The first kappa shape index (κ1) is 14.8. The van der Waals surface area contributed by atoms with Gasteiger partial charge >= 0.3 is 0 Å². The van der Waals surface area contributed by atoms with Gasteiger partial charge in [-0.25, -0.2) is 0 Å². The monoisotopic (exact) mass is 216 g/mol. The molecule has 0 saturated carbocycles. The molecule has 0 radical (unpaired) electrons. The smallest absolute Gasteiger partial charge is 0.0110 e. The summed E-state index contributed by atoms with van der Waals surface area (Å²) in [7, 11) is 4.19. The van der Waals surface area contributed by atoms with Gasteiger partial charge in [-0.2, -0.15) is 0 Å². The van der Waals surface area contributed by atoms with E-state index in [0.29, 0.717) is 6.04 Å². The van der Waals surface area contributed by atoms with Crippen molar-refractivity contribution in [2.45, 2.75) is 19.9 Å². The average Bonchev–Trinajstić information content (AvgIpc) is 2.15. The summed E-state index contributed by atoms with van der Waals surface area (Å²) in [4.78, 5) is 4.59. The zero-order valence-electron chi connectivity index (χ0n) is 10.8. The predicted octanol–water partition coefficient (Wildman–Crippen LogP) is -0.193. The minimum Gasteiger partial charge on any atom is -0.329 e. The van der Waals surface area contributed by atoms with Crippen LogP contribution in [-0.4, -0.2) is 69.2 Å². The highest BCUT2D eigenvalue weighted by Crippen LogP contribution is 1.94. The Labute approximate surface area is 94.8 Å². The Balaban J connectivity index is 3.45. The van der Waals surface area contributed by atoms with Crippen LogP contribution in [0.15, 0.2) is 0 Å². The van der Waals surface area contributed by atoms with Crippen LogP contribution in [0.4, 0.5) is 0 Å². The van der Waals surface area contributed by atoms with Crippen LogP contribution in [0.5, 0.6) is 0 Å². The number of nitrogens with one attached hydrogen (secondary N) is 1. The first-order chi connectivity index (χ1) is 7.07. The third-order valence-electron chi connectivity index (χ3n) is 2.46. The summed E-state index contributed by atoms with van der Waals surface area (Å²) in [5.74, 6) is 0. The second kappa shape index (κ2) is 9.09. The van der Waals surface area contributed by atoms with Gasteiger partial charge in [0, 0.05) is 45.3 Å². The molecule has 0 aliphatic carbocycles. The molecule has 0 aromatic heterocycles. The molecule has 0 saturated heterocycles. The van der Waals surface area contributed by atoms with Crippen molar-refractivity contribution in [1.29, 1.82) is 0 Å². The fourth-order valence-electron chi connectivity index (χ4n) is 1.44. The van der Waals surface area contributed by atoms with Crippen LogP contribution in [0.3, 0.4) is 0 Å². The zero-order chi connectivity index (χ0) is 11.7. The van der Waals surface area contributed by atoms with Gasteiger partial charge in [0.1, 0.15) is 0 Å². The lowest BCUT2D eigenvalue weighted by Gasteiger charge is -2.25. The second-order valence-corrected chi connectivity index (χ2v) is 4.47. The van der Waals surface area contributed by atoms with E-state index in [2.05, 4.69) is 43.1 Å². The Hall–Kier alpha value is -0.160. The molecular weight excluding hydrogens is 188 g/mol. The molecule has 0 aromatic carbocycles. The van der Waals surface area contributed by atoms with Crippen LogP contribution < -0.4 is 11.1 Å². The third kappa shape index (κ3) is 8.81. The summed E-state index contributed by atoms with van der Waals surface area (Å²) in [6.07, 6.45) is 0. The van der Waals surface area contributed by atoms with E-state index in [1.54, 1.807) is 0 Å². The maximum absolute atomic E-state index is 5.57. The van der Waals surface area contributed by atoms with Crippen LogP contribution in [0.25, 0.3) is 0 Å². The molecule has 0 atom stereocenters. The maximum atomic E-state index is 5.57. The first-order valence-corrected chi connectivity index (χ1v) is 5.87. The Morgan fingerprint density at radius 2 is 1.67 bits per heavy atom. The molecule has 0 heterocycles. The number of hydrogen-bond acceptors (Lipinski definition) is 4. The zero-order valence-corrected chi connectivity index (χ0v) is 10.8. The minimum atomic E-state index is 0.587. The minimum absolute atomic E-state index is 0.587. The lowest BCUT2D eigenvalue weighted by Crippen LogP contribution is -2.40. The molecule has 0 fully saturated rings. The number of nitrogens with two attached hydrogens (primary N) is 1. The quantitative estimate of drug-likeness (QED) is 0.524. The van der Waals surface area contributed by atoms with Gasteiger partial charge in [-0.1, -0.05) is 0 Å². The van der Waals surface area contributed by atoms with Gasteiger partial charge in [0.15, 0.2) is 0 Å². The van der Waals surface area contributed by atoms with Crippen LogP contribution in [0.1, 0.15) is 13.8 Å². The van der Waals surface area contributed by atoms with Crippen molar-refractivity contribution in [3.63, 3.8) is 0 Å². The Bertz CT molecular complexity index is 137. The van der Waals surface area contributed by atoms with Crippen molar-refractivity contribution in [2.24, 2.45) is 5.73 Å². The molecule has 4 heteroatoms. The van der Waals surface area contributed by atoms with Gasteiger partial charge in [-0.3, -0.25) is 4.90 Å². The van der Waals surface area contributed by atoms with E-state index < -0.39 is 0 Å². The van der Waals surface area contributed by atoms with E-state index in [0.717, 1.165) is 39.3 Å². The topological polar surface area (TPSA) is 44.5 Å². The van der Waals surface area contributed by atoms with Gasteiger partial charge < -0.3 is 16.0 Å². The standard InChI is InChI=1S/C11H28N4/c1-11(2)15(8-5-12)10-7-13-6-9-14(3)4/h11,13H,5-10,12H2,1-4H3. The molecule has 92 valence electrons. The van der Waals surface area contributed by atoms with E-state index in [1.165, 1.54) is 0 Å². The van der Waals surface area contributed by atoms with Gasteiger partial charge in [0.05, 0.1) is 0 Å². The van der Waals surface area contributed by atoms with Gasteiger partial charge in [0.25, 0.3) is 0 Å². The number of rotatable bonds is 9. The van der Waals surface area contributed by atoms with E-state index in [4.69, 9.17) is 5.73 Å². The number of likely N-dealkylation sites (N-methyl/N-ethyl adjacent to an activating group) is 1. The SMILES string of the molecule is CC(C)N(CCN)CCNCCN(C)C. The highest BCUT2D eigenvalue weighted by atomic mass is 15.2. The van der Waals surface area contributed by atoms with Crippen LogP contribution in [-0.2, 0) is 0 Å². The molecule has 0 aromatic rings. The van der Waals surface area contributed by atoms with Crippen molar-refractivity contribution in [1.82, 2.24) is 15.1 Å². The molecule has 0 aliphatic heterocycles. The fraction of sp³-hybridized carbons (Fsp3) is 1.00. The van der Waals surface area contributed by atoms with E-state index >= 15 is 0 Å². The predicted molar refractivity (Wildman–Crippen MR) is 67.2 cm³/mol. The van der Waals surface area contributed by atoms with Crippen molar-refractivity contribution in [3.8, 4) is 0 Å². The van der Waals surface area contributed by atoms with Gasteiger partial charge in [-0.05, 0) is 27.9 Å².